The fourth-order valence-corrected chi connectivity index (χ4v) is 2.01. The first kappa shape index (κ1) is 14.0. The molecule has 0 radical (unpaired) electrons. The minimum Gasteiger partial charge on any atom is -0.365 e. The van der Waals surface area contributed by atoms with Gasteiger partial charge in [-0.15, -0.1) is 0 Å². The normalized spacial score (nSPS) is 20.7. The molecule has 0 aromatic carbocycles. The van der Waals surface area contributed by atoms with Gasteiger partial charge in [0.15, 0.2) is 6.10 Å². The molecule has 0 bridgehead atoms. The van der Waals surface area contributed by atoms with Crippen LogP contribution in [0.3, 0.4) is 0 Å². The molecule has 0 unspecified atom stereocenters. The van der Waals surface area contributed by atoms with Crippen LogP contribution in [0.25, 0.3) is 0 Å². The Labute approximate surface area is 109 Å². The molecule has 2 heterocycles. The van der Waals surface area contributed by atoms with Gasteiger partial charge in [-0.2, -0.15) is 13.2 Å². The van der Waals surface area contributed by atoms with Gasteiger partial charge in [0.25, 0.3) is 0 Å². The maximum absolute atomic E-state index is 12.6. The van der Waals surface area contributed by atoms with Crippen LogP contribution in [0, 0.1) is 6.92 Å². The van der Waals surface area contributed by atoms with E-state index in [2.05, 4.69) is 9.97 Å². The lowest BCUT2D eigenvalue weighted by atomic mass is 10.2. The van der Waals surface area contributed by atoms with Gasteiger partial charge in [0.05, 0.1) is 13.2 Å². The molecule has 0 aliphatic carbocycles. The summed E-state index contributed by atoms with van der Waals surface area (Å²) < 4.78 is 42.7. The van der Waals surface area contributed by atoms with E-state index in [1.54, 1.807) is 6.20 Å². The Morgan fingerprint density at radius 2 is 2.21 bits per heavy atom. The molecule has 1 aliphatic rings. The molecule has 7 heteroatoms. The molecule has 1 saturated heterocycles. The number of alkyl halides is 3. The van der Waals surface area contributed by atoms with Gasteiger partial charge in [-0.3, -0.25) is 0 Å². The molecule has 2 rings (SSSR count). The van der Waals surface area contributed by atoms with E-state index in [9.17, 15) is 13.2 Å². The molecule has 1 aliphatic heterocycles. The molecular formula is C12H16F3N3O. The van der Waals surface area contributed by atoms with Crippen LogP contribution in [0.1, 0.15) is 18.2 Å². The number of aromatic nitrogens is 2. The highest BCUT2D eigenvalue weighted by Crippen LogP contribution is 2.27. The molecule has 0 N–H and O–H groups in total. The van der Waals surface area contributed by atoms with Gasteiger partial charge in [-0.05, 0) is 18.9 Å². The van der Waals surface area contributed by atoms with Crippen LogP contribution in [0.4, 0.5) is 19.1 Å². The van der Waals surface area contributed by atoms with Crippen molar-refractivity contribution in [2.45, 2.75) is 32.5 Å². The monoisotopic (exact) mass is 275 g/mol. The minimum atomic E-state index is -4.35. The Morgan fingerprint density at radius 1 is 1.47 bits per heavy atom. The van der Waals surface area contributed by atoms with Crippen molar-refractivity contribution in [2.75, 3.05) is 24.6 Å². The van der Waals surface area contributed by atoms with E-state index in [-0.39, 0.29) is 13.2 Å². The number of morpholine rings is 1. The molecule has 0 spiro atoms. The van der Waals surface area contributed by atoms with Crippen LogP contribution in [0.5, 0.6) is 0 Å². The molecule has 19 heavy (non-hydrogen) atoms. The fraction of sp³-hybridized carbons (Fsp3) is 0.667. The van der Waals surface area contributed by atoms with Gasteiger partial charge in [0.2, 0.25) is 5.95 Å². The number of anilines is 1. The zero-order valence-electron chi connectivity index (χ0n) is 10.9. The van der Waals surface area contributed by atoms with Crippen molar-refractivity contribution in [1.82, 2.24) is 9.97 Å². The summed E-state index contributed by atoms with van der Waals surface area (Å²) in [4.78, 5) is 9.97. The van der Waals surface area contributed by atoms with E-state index in [0.29, 0.717) is 12.5 Å². The molecule has 106 valence electrons. The van der Waals surface area contributed by atoms with Crippen LogP contribution >= 0.6 is 0 Å². The van der Waals surface area contributed by atoms with Gasteiger partial charge in [-0.1, -0.05) is 6.92 Å². The Bertz CT molecular complexity index is 450. The maximum atomic E-state index is 12.6. The highest BCUT2D eigenvalue weighted by Gasteiger charge is 2.43. The number of hydrogen-bond donors (Lipinski definition) is 0. The lowest BCUT2D eigenvalue weighted by Crippen LogP contribution is -2.49. The Kier molecular flexibility index (Phi) is 3.93. The average molecular weight is 275 g/mol. The minimum absolute atomic E-state index is 0.0306. The Balaban J connectivity index is 2.17. The summed E-state index contributed by atoms with van der Waals surface area (Å²) in [6, 6.07) is 0. The molecular weight excluding hydrogens is 259 g/mol. The predicted octanol–water partition coefficient (Wildman–Crippen LogP) is 2.11. The van der Waals surface area contributed by atoms with E-state index in [4.69, 9.17) is 4.74 Å². The molecule has 0 saturated carbocycles. The summed E-state index contributed by atoms with van der Waals surface area (Å²) >= 11 is 0. The summed E-state index contributed by atoms with van der Waals surface area (Å²) in [7, 11) is 0. The van der Waals surface area contributed by atoms with Crippen molar-refractivity contribution in [2.24, 2.45) is 0 Å². The fourth-order valence-electron chi connectivity index (χ4n) is 2.01. The number of ether oxygens (including phenoxy) is 1. The molecule has 4 nitrogen and oxygen atoms in total. The van der Waals surface area contributed by atoms with Crippen molar-refractivity contribution in [3.05, 3.63) is 17.5 Å². The topological polar surface area (TPSA) is 38.2 Å². The second-order valence-corrected chi connectivity index (χ2v) is 4.50. The summed E-state index contributed by atoms with van der Waals surface area (Å²) in [5.41, 5.74) is 1.81. The first-order chi connectivity index (χ1) is 8.91. The smallest absolute Gasteiger partial charge is 0.365 e. The Morgan fingerprint density at radius 3 is 2.84 bits per heavy atom. The largest absolute Gasteiger partial charge is 0.416 e. The van der Waals surface area contributed by atoms with Gasteiger partial charge in [0.1, 0.15) is 0 Å². The van der Waals surface area contributed by atoms with Crippen LogP contribution in [-0.4, -0.2) is 41.9 Å². The SMILES string of the molecule is CCc1nc(N2CCO[C@@H](C(F)(F)F)C2)ncc1C. The Hall–Kier alpha value is -1.37. The van der Waals surface area contributed by atoms with Crippen molar-refractivity contribution in [3.63, 3.8) is 0 Å². The second kappa shape index (κ2) is 5.32. The number of aryl methyl sites for hydroxylation is 2. The lowest BCUT2D eigenvalue weighted by molar-refractivity contribution is -0.221. The maximum Gasteiger partial charge on any atom is 0.416 e. The third-order valence-corrected chi connectivity index (χ3v) is 3.11. The number of rotatable bonds is 2. The van der Waals surface area contributed by atoms with E-state index in [1.165, 1.54) is 4.90 Å². The quantitative estimate of drug-likeness (QED) is 0.828. The lowest BCUT2D eigenvalue weighted by Gasteiger charge is -2.33. The summed E-state index contributed by atoms with van der Waals surface area (Å²) in [6.07, 6.45) is -3.74. The van der Waals surface area contributed by atoms with Crippen molar-refractivity contribution in [3.8, 4) is 0 Å². The average Bonchev–Trinajstić information content (AvgIpc) is 2.38. The van der Waals surface area contributed by atoms with Crippen molar-refractivity contribution < 1.29 is 17.9 Å². The van der Waals surface area contributed by atoms with Crippen molar-refractivity contribution in [1.29, 1.82) is 0 Å². The standard InChI is InChI=1S/C12H16F3N3O/c1-3-9-8(2)6-16-11(17-9)18-4-5-19-10(7-18)12(13,14)15/h6,10H,3-5,7H2,1-2H3/t10-/m1/s1. The van der Waals surface area contributed by atoms with Crippen LogP contribution in [0.2, 0.25) is 0 Å². The van der Waals surface area contributed by atoms with Crippen LogP contribution < -0.4 is 4.90 Å². The number of halogens is 3. The predicted molar refractivity (Wildman–Crippen MR) is 64.2 cm³/mol. The molecule has 0 amide bonds. The number of hydrogen-bond acceptors (Lipinski definition) is 4. The van der Waals surface area contributed by atoms with Gasteiger partial charge in [-0.25, -0.2) is 9.97 Å². The van der Waals surface area contributed by atoms with E-state index in [1.807, 2.05) is 13.8 Å². The summed E-state index contributed by atoms with van der Waals surface area (Å²) in [6.45, 7) is 3.99. The highest BCUT2D eigenvalue weighted by molar-refractivity contribution is 5.33. The second-order valence-electron chi connectivity index (χ2n) is 4.50. The third-order valence-electron chi connectivity index (χ3n) is 3.11. The number of nitrogens with zero attached hydrogens (tertiary/aromatic N) is 3. The van der Waals surface area contributed by atoms with Gasteiger partial charge in [0, 0.05) is 18.4 Å². The first-order valence-corrected chi connectivity index (χ1v) is 6.17. The van der Waals surface area contributed by atoms with E-state index in [0.717, 1.165) is 17.7 Å². The van der Waals surface area contributed by atoms with Crippen LogP contribution in [-0.2, 0) is 11.2 Å². The summed E-state index contributed by atoms with van der Waals surface area (Å²) in [5.74, 6) is 0.347. The van der Waals surface area contributed by atoms with Gasteiger partial charge >= 0.3 is 6.18 Å². The summed E-state index contributed by atoms with van der Waals surface area (Å²) in [5, 5.41) is 0. The van der Waals surface area contributed by atoms with Gasteiger partial charge < -0.3 is 9.64 Å². The van der Waals surface area contributed by atoms with Crippen LogP contribution in [0.15, 0.2) is 6.20 Å². The third kappa shape index (κ3) is 3.15. The molecule has 1 fully saturated rings. The van der Waals surface area contributed by atoms with Crippen molar-refractivity contribution >= 4 is 5.95 Å². The first-order valence-electron chi connectivity index (χ1n) is 6.17. The zero-order chi connectivity index (χ0) is 14.0. The van der Waals surface area contributed by atoms with E-state index < -0.39 is 12.3 Å². The molecule has 1 aromatic rings. The van der Waals surface area contributed by atoms with E-state index >= 15 is 0 Å². The zero-order valence-corrected chi connectivity index (χ0v) is 10.9. The molecule has 1 atom stereocenters. The molecule has 1 aromatic heterocycles. The highest BCUT2D eigenvalue weighted by atomic mass is 19.4.